The zero-order valence-electron chi connectivity index (χ0n) is 10.8. The zero-order chi connectivity index (χ0) is 12.5. The van der Waals surface area contributed by atoms with Gasteiger partial charge in [-0.3, -0.25) is 0 Å². The molecule has 96 valence electrons. The quantitative estimate of drug-likeness (QED) is 0.868. The maximum absolute atomic E-state index is 6.07. The summed E-state index contributed by atoms with van der Waals surface area (Å²) in [5, 5.41) is 3.99. The predicted molar refractivity (Wildman–Crippen MR) is 63.3 cm³/mol. The summed E-state index contributed by atoms with van der Waals surface area (Å²) in [5.74, 6) is 1.80. The Morgan fingerprint density at radius 3 is 2.82 bits per heavy atom. The maximum atomic E-state index is 6.07. The van der Waals surface area contributed by atoms with Gasteiger partial charge in [0, 0.05) is 19.6 Å². The van der Waals surface area contributed by atoms with Crippen LogP contribution in [-0.2, 0) is 11.2 Å². The Balaban J connectivity index is 2.00. The Labute approximate surface area is 102 Å². The highest BCUT2D eigenvalue weighted by Crippen LogP contribution is 2.29. The topological polar surface area (TPSA) is 74.2 Å². The Hall–Kier alpha value is -0.940. The number of hydrogen-bond acceptors (Lipinski definition) is 5. The molecular formula is C12H21N3O2. The first-order valence-electron chi connectivity index (χ1n) is 6.12. The second-order valence-corrected chi connectivity index (χ2v) is 5.83. The molecule has 1 fully saturated rings. The predicted octanol–water partition coefficient (Wildman–Crippen LogP) is 1.69. The summed E-state index contributed by atoms with van der Waals surface area (Å²) in [4.78, 5) is 4.38. The van der Waals surface area contributed by atoms with E-state index in [1.54, 1.807) is 0 Å². The molecule has 0 aliphatic carbocycles. The van der Waals surface area contributed by atoms with Crippen LogP contribution in [0.4, 0.5) is 0 Å². The Morgan fingerprint density at radius 1 is 1.47 bits per heavy atom. The van der Waals surface area contributed by atoms with Crippen molar-refractivity contribution in [1.29, 1.82) is 0 Å². The fourth-order valence-corrected chi connectivity index (χ4v) is 1.85. The van der Waals surface area contributed by atoms with E-state index in [1.807, 2.05) is 0 Å². The normalized spacial score (nSPS) is 22.9. The van der Waals surface area contributed by atoms with Gasteiger partial charge in [0.25, 0.3) is 0 Å². The number of ether oxygens (including phenoxy) is 1. The average Bonchev–Trinajstić information content (AvgIpc) is 2.87. The summed E-state index contributed by atoms with van der Waals surface area (Å²) in [5.41, 5.74) is 6.00. The van der Waals surface area contributed by atoms with Crippen molar-refractivity contribution in [3.8, 4) is 0 Å². The van der Waals surface area contributed by atoms with Crippen molar-refractivity contribution in [2.24, 2.45) is 17.1 Å². The lowest BCUT2D eigenvalue weighted by molar-refractivity contribution is 0.185. The van der Waals surface area contributed by atoms with E-state index in [1.165, 1.54) is 0 Å². The molecule has 1 aromatic rings. The van der Waals surface area contributed by atoms with Gasteiger partial charge in [-0.1, -0.05) is 25.9 Å². The van der Waals surface area contributed by atoms with Crippen LogP contribution in [-0.4, -0.2) is 23.4 Å². The van der Waals surface area contributed by atoms with Crippen LogP contribution >= 0.6 is 0 Å². The van der Waals surface area contributed by atoms with E-state index in [0.29, 0.717) is 11.8 Å². The molecule has 0 amide bonds. The first-order valence-corrected chi connectivity index (χ1v) is 6.12. The molecule has 1 aliphatic rings. The Kier molecular flexibility index (Phi) is 3.49. The highest BCUT2D eigenvalue weighted by Gasteiger charge is 2.28. The van der Waals surface area contributed by atoms with Gasteiger partial charge < -0.3 is 15.0 Å². The highest BCUT2D eigenvalue weighted by molar-refractivity contribution is 4.97. The van der Waals surface area contributed by atoms with E-state index >= 15 is 0 Å². The van der Waals surface area contributed by atoms with Crippen molar-refractivity contribution in [1.82, 2.24) is 10.1 Å². The van der Waals surface area contributed by atoms with Crippen LogP contribution in [0.1, 0.15) is 44.9 Å². The number of rotatable bonds is 3. The van der Waals surface area contributed by atoms with Gasteiger partial charge in [0.15, 0.2) is 5.82 Å². The first-order chi connectivity index (χ1) is 7.97. The Morgan fingerprint density at radius 2 is 2.24 bits per heavy atom. The Bertz CT molecular complexity index is 364. The summed E-state index contributed by atoms with van der Waals surface area (Å²) in [6, 6.07) is -0.219. The van der Waals surface area contributed by atoms with Gasteiger partial charge in [0.2, 0.25) is 5.89 Å². The summed E-state index contributed by atoms with van der Waals surface area (Å²) >= 11 is 0. The van der Waals surface area contributed by atoms with Crippen molar-refractivity contribution < 1.29 is 9.26 Å². The number of hydrogen-bond donors (Lipinski definition) is 1. The maximum Gasteiger partial charge on any atom is 0.244 e. The average molecular weight is 239 g/mol. The molecule has 5 nitrogen and oxygen atoms in total. The molecule has 0 bridgehead atoms. The summed E-state index contributed by atoms with van der Waals surface area (Å²) in [7, 11) is 0. The molecule has 1 unspecified atom stereocenters. The fourth-order valence-electron chi connectivity index (χ4n) is 1.85. The van der Waals surface area contributed by atoms with E-state index in [4.69, 9.17) is 15.0 Å². The van der Waals surface area contributed by atoms with E-state index in [0.717, 1.165) is 31.9 Å². The van der Waals surface area contributed by atoms with Crippen LogP contribution < -0.4 is 5.73 Å². The largest absolute Gasteiger partial charge is 0.381 e. The van der Waals surface area contributed by atoms with Crippen LogP contribution in [0, 0.1) is 11.3 Å². The molecule has 2 N–H and O–H groups in total. The zero-order valence-corrected chi connectivity index (χ0v) is 10.8. The second kappa shape index (κ2) is 4.74. The highest BCUT2D eigenvalue weighted by atomic mass is 16.5. The third-order valence-electron chi connectivity index (χ3n) is 3.18. The number of nitrogens with zero attached hydrogens (tertiary/aromatic N) is 2. The van der Waals surface area contributed by atoms with Crippen LogP contribution in [0.15, 0.2) is 4.52 Å². The third kappa shape index (κ3) is 3.04. The van der Waals surface area contributed by atoms with Crippen LogP contribution in [0.5, 0.6) is 0 Å². The second-order valence-electron chi connectivity index (χ2n) is 5.83. The van der Waals surface area contributed by atoms with Gasteiger partial charge in [0.05, 0.1) is 6.04 Å². The number of aromatic nitrogens is 2. The van der Waals surface area contributed by atoms with E-state index < -0.39 is 0 Å². The molecule has 5 heteroatoms. The molecule has 2 heterocycles. The van der Waals surface area contributed by atoms with Crippen molar-refractivity contribution >= 4 is 0 Å². The van der Waals surface area contributed by atoms with Crippen LogP contribution in [0.3, 0.4) is 0 Å². The smallest absolute Gasteiger partial charge is 0.244 e. The van der Waals surface area contributed by atoms with E-state index in [-0.39, 0.29) is 11.5 Å². The number of nitrogens with two attached hydrogens (primary N) is 1. The molecule has 0 aromatic carbocycles. The van der Waals surface area contributed by atoms with Crippen molar-refractivity contribution in [2.75, 3.05) is 13.2 Å². The van der Waals surface area contributed by atoms with Gasteiger partial charge in [-0.2, -0.15) is 4.98 Å². The van der Waals surface area contributed by atoms with Gasteiger partial charge >= 0.3 is 0 Å². The van der Waals surface area contributed by atoms with Crippen molar-refractivity contribution in [3.05, 3.63) is 11.7 Å². The molecular weight excluding hydrogens is 218 g/mol. The lowest BCUT2D eigenvalue weighted by Crippen LogP contribution is -2.26. The standard InChI is InChI=1S/C12H21N3O2/c1-12(2,3)10(13)11-14-9(15-17-11)6-8-4-5-16-7-8/h8,10H,4-7,13H2,1-3H3/t8?,10-/m0/s1. The van der Waals surface area contributed by atoms with Gasteiger partial charge in [-0.05, 0) is 17.8 Å². The fraction of sp³-hybridized carbons (Fsp3) is 0.833. The molecule has 17 heavy (non-hydrogen) atoms. The molecule has 0 radical (unpaired) electrons. The minimum absolute atomic E-state index is 0.0692. The first kappa shape index (κ1) is 12.5. The lowest BCUT2D eigenvalue weighted by atomic mass is 9.87. The minimum Gasteiger partial charge on any atom is -0.381 e. The molecule has 2 atom stereocenters. The van der Waals surface area contributed by atoms with Crippen LogP contribution in [0.25, 0.3) is 0 Å². The monoisotopic (exact) mass is 239 g/mol. The van der Waals surface area contributed by atoms with Crippen molar-refractivity contribution in [2.45, 2.75) is 39.7 Å². The summed E-state index contributed by atoms with van der Waals surface area (Å²) in [6.07, 6.45) is 1.90. The third-order valence-corrected chi connectivity index (χ3v) is 3.18. The van der Waals surface area contributed by atoms with Gasteiger partial charge in [-0.15, -0.1) is 0 Å². The summed E-state index contributed by atoms with van der Waals surface area (Å²) < 4.78 is 10.6. The molecule has 0 spiro atoms. The van der Waals surface area contributed by atoms with Crippen molar-refractivity contribution in [3.63, 3.8) is 0 Å². The lowest BCUT2D eigenvalue weighted by Gasteiger charge is -2.23. The van der Waals surface area contributed by atoms with Crippen LogP contribution in [0.2, 0.25) is 0 Å². The molecule has 2 rings (SSSR count). The van der Waals surface area contributed by atoms with E-state index in [9.17, 15) is 0 Å². The van der Waals surface area contributed by atoms with Gasteiger partial charge in [-0.25, -0.2) is 0 Å². The summed E-state index contributed by atoms with van der Waals surface area (Å²) in [6.45, 7) is 7.83. The minimum atomic E-state index is -0.219. The molecule has 1 aliphatic heterocycles. The van der Waals surface area contributed by atoms with Gasteiger partial charge in [0.1, 0.15) is 0 Å². The molecule has 1 saturated heterocycles. The molecule has 1 aromatic heterocycles. The van der Waals surface area contributed by atoms with E-state index in [2.05, 4.69) is 30.9 Å². The SMILES string of the molecule is CC(C)(C)[C@@H](N)c1nc(CC2CCOC2)no1. The molecule has 0 saturated carbocycles.